The van der Waals surface area contributed by atoms with Gasteiger partial charge >= 0.3 is 0 Å². The van der Waals surface area contributed by atoms with Crippen molar-refractivity contribution < 1.29 is 13.2 Å². The summed E-state index contributed by atoms with van der Waals surface area (Å²) in [5.41, 5.74) is 0. The van der Waals surface area contributed by atoms with Crippen molar-refractivity contribution in [3.05, 3.63) is 0 Å². The highest BCUT2D eigenvalue weighted by atomic mass is 32.2. The summed E-state index contributed by atoms with van der Waals surface area (Å²) in [7, 11) is -3.33. The SMILES string of the molecule is CC1CCN(S(=O)(=O)N2CCC(C(=O)NC3CC3)CC2)CC1. The standard InChI is InChI=1S/C15H27N3O3S/c1-12-4-8-17(9-5-12)22(20,21)18-10-6-13(7-11-18)15(19)16-14-2-3-14/h12-14H,2-11H2,1H3,(H,16,19). The van der Waals surface area contributed by atoms with E-state index >= 15 is 0 Å². The lowest BCUT2D eigenvalue weighted by Crippen LogP contribution is -2.50. The Kier molecular flexibility index (Phi) is 4.75. The zero-order chi connectivity index (χ0) is 15.7. The maximum Gasteiger partial charge on any atom is 0.281 e. The molecule has 0 aromatic rings. The number of nitrogens with one attached hydrogen (secondary N) is 1. The Hall–Kier alpha value is -0.660. The van der Waals surface area contributed by atoms with Crippen molar-refractivity contribution in [1.29, 1.82) is 0 Å². The summed E-state index contributed by atoms with van der Waals surface area (Å²) >= 11 is 0. The molecule has 1 amide bonds. The smallest absolute Gasteiger partial charge is 0.281 e. The van der Waals surface area contributed by atoms with Crippen LogP contribution >= 0.6 is 0 Å². The van der Waals surface area contributed by atoms with Crippen LogP contribution in [0.1, 0.15) is 45.4 Å². The van der Waals surface area contributed by atoms with Gasteiger partial charge in [0.05, 0.1) is 0 Å². The van der Waals surface area contributed by atoms with Gasteiger partial charge in [0.1, 0.15) is 0 Å². The molecule has 0 bridgehead atoms. The molecule has 6 nitrogen and oxygen atoms in total. The fraction of sp³-hybridized carbons (Fsp3) is 0.933. The summed E-state index contributed by atoms with van der Waals surface area (Å²) in [5, 5.41) is 3.03. The van der Waals surface area contributed by atoms with Gasteiger partial charge in [-0.3, -0.25) is 4.79 Å². The molecule has 126 valence electrons. The van der Waals surface area contributed by atoms with Crippen molar-refractivity contribution in [1.82, 2.24) is 13.9 Å². The first-order chi connectivity index (χ1) is 10.5. The number of carbonyl (C=O) groups excluding carboxylic acids is 1. The molecule has 0 aromatic heterocycles. The van der Waals surface area contributed by atoms with Gasteiger partial charge in [-0.25, -0.2) is 0 Å². The van der Waals surface area contributed by atoms with E-state index in [-0.39, 0.29) is 11.8 Å². The molecule has 3 aliphatic rings. The van der Waals surface area contributed by atoms with Crippen molar-refractivity contribution in [2.24, 2.45) is 11.8 Å². The van der Waals surface area contributed by atoms with Gasteiger partial charge in [0, 0.05) is 38.1 Å². The molecule has 22 heavy (non-hydrogen) atoms. The molecule has 2 heterocycles. The first-order valence-corrected chi connectivity index (χ1v) is 9.92. The van der Waals surface area contributed by atoms with Crippen molar-refractivity contribution in [3.63, 3.8) is 0 Å². The molecule has 3 rings (SSSR count). The molecule has 1 N–H and O–H groups in total. The van der Waals surface area contributed by atoms with E-state index in [4.69, 9.17) is 0 Å². The third-order valence-electron chi connectivity index (χ3n) is 5.14. The van der Waals surface area contributed by atoms with Crippen molar-refractivity contribution in [2.45, 2.75) is 51.5 Å². The second kappa shape index (κ2) is 6.45. The lowest BCUT2D eigenvalue weighted by Gasteiger charge is -2.37. The van der Waals surface area contributed by atoms with E-state index in [0.717, 1.165) is 25.7 Å². The third kappa shape index (κ3) is 3.63. The molecule has 1 saturated carbocycles. The number of hydrogen-bond acceptors (Lipinski definition) is 3. The molecule has 2 aliphatic heterocycles. The summed E-state index contributed by atoms with van der Waals surface area (Å²) in [6.45, 7) is 4.37. The molecule has 0 spiro atoms. The summed E-state index contributed by atoms with van der Waals surface area (Å²) in [5.74, 6) is 0.711. The van der Waals surface area contributed by atoms with Crippen LogP contribution in [0.15, 0.2) is 0 Å². The normalized spacial score (nSPS) is 27.0. The van der Waals surface area contributed by atoms with Crippen molar-refractivity contribution in [3.8, 4) is 0 Å². The molecule has 7 heteroatoms. The van der Waals surface area contributed by atoms with Crippen LogP contribution in [0.3, 0.4) is 0 Å². The fourth-order valence-electron chi connectivity index (χ4n) is 3.27. The number of carbonyl (C=O) groups is 1. The Labute approximate surface area is 133 Å². The predicted molar refractivity (Wildman–Crippen MR) is 84.4 cm³/mol. The second-order valence-electron chi connectivity index (χ2n) is 7.05. The Bertz CT molecular complexity index is 502. The van der Waals surface area contributed by atoms with Gasteiger partial charge in [0.15, 0.2) is 0 Å². The molecule has 0 unspecified atom stereocenters. The maximum absolute atomic E-state index is 12.7. The summed E-state index contributed by atoms with van der Waals surface area (Å²) in [4.78, 5) is 12.1. The lowest BCUT2D eigenvalue weighted by molar-refractivity contribution is -0.126. The van der Waals surface area contributed by atoms with Gasteiger partial charge in [-0.15, -0.1) is 0 Å². The van der Waals surface area contributed by atoms with Crippen LogP contribution in [0, 0.1) is 11.8 Å². The number of piperidine rings is 2. The lowest BCUT2D eigenvalue weighted by atomic mass is 9.97. The van der Waals surface area contributed by atoms with E-state index in [9.17, 15) is 13.2 Å². The Morgan fingerprint density at radius 2 is 1.41 bits per heavy atom. The van der Waals surface area contributed by atoms with Gasteiger partial charge in [0.25, 0.3) is 10.2 Å². The van der Waals surface area contributed by atoms with Gasteiger partial charge in [-0.2, -0.15) is 17.0 Å². The van der Waals surface area contributed by atoms with Crippen LogP contribution in [0.4, 0.5) is 0 Å². The first-order valence-electron chi connectivity index (χ1n) is 8.52. The van der Waals surface area contributed by atoms with Crippen molar-refractivity contribution in [2.75, 3.05) is 26.2 Å². The highest BCUT2D eigenvalue weighted by Gasteiger charge is 2.36. The minimum atomic E-state index is -3.33. The number of nitrogens with zero attached hydrogens (tertiary/aromatic N) is 2. The topological polar surface area (TPSA) is 69.7 Å². The number of amides is 1. The maximum atomic E-state index is 12.7. The van der Waals surface area contributed by atoms with E-state index in [1.807, 2.05) is 0 Å². The van der Waals surface area contributed by atoms with Crippen LogP contribution in [-0.4, -0.2) is 55.2 Å². The molecule has 0 radical (unpaired) electrons. The molecule has 2 saturated heterocycles. The molecule has 0 aromatic carbocycles. The average Bonchev–Trinajstić information content (AvgIpc) is 3.32. The highest BCUT2D eigenvalue weighted by Crippen LogP contribution is 2.26. The van der Waals surface area contributed by atoms with E-state index in [0.29, 0.717) is 51.0 Å². The van der Waals surface area contributed by atoms with E-state index in [1.165, 1.54) is 0 Å². The minimum Gasteiger partial charge on any atom is -0.353 e. The highest BCUT2D eigenvalue weighted by molar-refractivity contribution is 7.86. The number of hydrogen-bond donors (Lipinski definition) is 1. The predicted octanol–water partition coefficient (Wildman–Crippen LogP) is 0.954. The van der Waals surface area contributed by atoms with Crippen LogP contribution in [-0.2, 0) is 15.0 Å². The molecule has 1 aliphatic carbocycles. The van der Waals surface area contributed by atoms with Gasteiger partial charge in [-0.1, -0.05) is 6.92 Å². The fourth-order valence-corrected chi connectivity index (χ4v) is 4.95. The first kappa shape index (κ1) is 16.2. The number of rotatable bonds is 4. The van der Waals surface area contributed by atoms with E-state index in [1.54, 1.807) is 8.61 Å². The van der Waals surface area contributed by atoms with Gasteiger partial charge < -0.3 is 5.32 Å². The summed E-state index contributed by atoms with van der Waals surface area (Å²) in [6, 6.07) is 0.379. The molecular formula is C15H27N3O3S. The van der Waals surface area contributed by atoms with Crippen molar-refractivity contribution >= 4 is 16.1 Å². The molecular weight excluding hydrogens is 302 g/mol. The molecule has 0 atom stereocenters. The molecule has 3 fully saturated rings. The average molecular weight is 329 g/mol. The largest absolute Gasteiger partial charge is 0.353 e. The Morgan fingerprint density at radius 1 is 0.909 bits per heavy atom. The van der Waals surface area contributed by atoms with Gasteiger partial charge in [0.2, 0.25) is 5.91 Å². The van der Waals surface area contributed by atoms with Crippen LogP contribution < -0.4 is 5.32 Å². The Balaban J connectivity index is 1.52. The van der Waals surface area contributed by atoms with Crippen LogP contribution in [0.2, 0.25) is 0 Å². The van der Waals surface area contributed by atoms with E-state index in [2.05, 4.69) is 12.2 Å². The van der Waals surface area contributed by atoms with Crippen LogP contribution in [0.5, 0.6) is 0 Å². The summed E-state index contributed by atoms with van der Waals surface area (Å²) in [6.07, 6.45) is 5.35. The second-order valence-corrected chi connectivity index (χ2v) is 8.97. The van der Waals surface area contributed by atoms with E-state index < -0.39 is 10.2 Å². The third-order valence-corrected chi connectivity index (χ3v) is 7.18. The van der Waals surface area contributed by atoms with Gasteiger partial charge in [-0.05, 0) is 44.4 Å². The zero-order valence-electron chi connectivity index (χ0n) is 13.3. The minimum absolute atomic E-state index is 0.0200. The zero-order valence-corrected chi connectivity index (χ0v) is 14.1. The summed E-state index contributed by atoms with van der Waals surface area (Å²) < 4.78 is 28.5. The van der Waals surface area contributed by atoms with Crippen LogP contribution in [0.25, 0.3) is 0 Å². The Morgan fingerprint density at radius 3 is 1.91 bits per heavy atom. The monoisotopic (exact) mass is 329 g/mol. The quantitative estimate of drug-likeness (QED) is 0.835.